The Morgan fingerprint density at radius 1 is 1.32 bits per heavy atom. The lowest BCUT2D eigenvalue weighted by atomic mass is 9.97. The fourth-order valence-electron chi connectivity index (χ4n) is 2.70. The van der Waals surface area contributed by atoms with Crippen molar-refractivity contribution in [2.45, 2.75) is 44.9 Å². The number of primary amides is 1. The van der Waals surface area contributed by atoms with Crippen molar-refractivity contribution in [2.24, 2.45) is 11.7 Å². The van der Waals surface area contributed by atoms with Crippen molar-refractivity contribution in [3.8, 4) is 0 Å². The van der Waals surface area contributed by atoms with Crippen molar-refractivity contribution in [1.29, 1.82) is 0 Å². The highest BCUT2D eigenvalue weighted by Gasteiger charge is 2.30. The quantitative estimate of drug-likeness (QED) is 0.863. The van der Waals surface area contributed by atoms with Gasteiger partial charge in [0.25, 0.3) is 0 Å². The van der Waals surface area contributed by atoms with Crippen LogP contribution < -0.4 is 5.73 Å². The van der Waals surface area contributed by atoms with Crippen molar-refractivity contribution in [2.75, 3.05) is 13.1 Å². The van der Waals surface area contributed by atoms with Gasteiger partial charge in [0.05, 0.1) is 6.54 Å². The Hall–Kier alpha value is -1.71. The molecule has 0 aromatic carbocycles. The predicted octanol–water partition coefficient (Wildman–Crippen LogP) is 0.713. The highest BCUT2D eigenvalue weighted by Crippen LogP contribution is 2.22. The van der Waals surface area contributed by atoms with Gasteiger partial charge in [-0.15, -0.1) is 5.10 Å². The zero-order chi connectivity index (χ0) is 16.2. The van der Waals surface area contributed by atoms with Gasteiger partial charge in [0.15, 0.2) is 5.82 Å². The average Bonchev–Trinajstić information content (AvgIpc) is 2.67. The molecule has 1 aromatic rings. The Bertz CT molecular complexity index is 503. The minimum atomic E-state index is -4.35. The molecular weight excluding hydrogens is 301 g/mol. The van der Waals surface area contributed by atoms with E-state index in [1.165, 1.54) is 0 Å². The standard InChI is InChI=1S/C12H19F3N6O/c13-12(14,15)8-21-11(17-18-19-21)7-20-4-1-2-9(3-5-20)6-10(16)22/h9H,1-8H2,(H2,16,22)/t9-/m0/s1. The van der Waals surface area contributed by atoms with Crippen LogP contribution in [0.2, 0.25) is 0 Å². The second-order valence-corrected chi connectivity index (χ2v) is 5.61. The van der Waals surface area contributed by atoms with Crippen LogP contribution in [0.5, 0.6) is 0 Å². The molecule has 1 aromatic heterocycles. The summed E-state index contributed by atoms with van der Waals surface area (Å²) in [7, 11) is 0. The Morgan fingerprint density at radius 2 is 2.09 bits per heavy atom. The minimum Gasteiger partial charge on any atom is -0.370 e. The SMILES string of the molecule is NC(=O)C[C@H]1CCCN(Cc2nnnn2CC(F)(F)F)CC1. The first-order chi connectivity index (χ1) is 10.3. The van der Waals surface area contributed by atoms with E-state index in [1.54, 1.807) is 0 Å². The molecule has 1 fully saturated rings. The third-order valence-electron chi connectivity index (χ3n) is 3.73. The smallest absolute Gasteiger partial charge is 0.370 e. The van der Waals surface area contributed by atoms with E-state index in [0.717, 1.165) is 30.5 Å². The van der Waals surface area contributed by atoms with Crippen LogP contribution in [0.4, 0.5) is 13.2 Å². The van der Waals surface area contributed by atoms with Crippen molar-refractivity contribution in [1.82, 2.24) is 25.1 Å². The number of nitrogens with two attached hydrogens (primary N) is 1. The van der Waals surface area contributed by atoms with E-state index in [-0.39, 0.29) is 24.2 Å². The van der Waals surface area contributed by atoms with Crippen LogP contribution in [0.15, 0.2) is 0 Å². The predicted molar refractivity (Wildman–Crippen MR) is 70.3 cm³/mol. The van der Waals surface area contributed by atoms with E-state index < -0.39 is 12.7 Å². The van der Waals surface area contributed by atoms with Crippen LogP contribution in [0.1, 0.15) is 31.5 Å². The van der Waals surface area contributed by atoms with Crippen molar-refractivity contribution < 1.29 is 18.0 Å². The Labute approximate surface area is 125 Å². The van der Waals surface area contributed by atoms with Crippen LogP contribution in [0, 0.1) is 5.92 Å². The van der Waals surface area contributed by atoms with Gasteiger partial charge in [0, 0.05) is 6.42 Å². The number of hydrogen-bond acceptors (Lipinski definition) is 5. The van der Waals surface area contributed by atoms with E-state index >= 15 is 0 Å². The summed E-state index contributed by atoms with van der Waals surface area (Å²) < 4.78 is 38.1. The molecule has 0 bridgehead atoms. The van der Waals surface area contributed by atoms with E-state index in [0.29, 0.717) is 13.0 Å². The summed E-state index contributed by atoms with van der Waals surface area (Å²) in [5, 5.41) is 10.4. The first-order valence-electron chi connectivity index (χ1n) is 7.16. The molecule has 1 saturated heterocycles. The lowest BCUT2D eigenvalue weighted by Crippen LogP contribution is -2.28. The molecule has 124 valence electrons. The number of amides is 1. The normalized spacial score (nSPS) is 20.8. The summed E-state index contributed by atoms with van der Waals surface area (Å²) in [6, 6.07) is 0. The van der Waals surface area contributed by atoms with Gasteiger partial charge in [-0.05, 0) is 48.7 Å². The number of carbonyl (C=O) groups excluding carboxylic acids is 1. The zero-order valence-corrected chi connectivity index (χ0v) is 12.1. The molecule has 2 heterocycles. The van der Waals surface area contributed by atoms with Gasteiger partial charge < -0.3 is 5.73 Å². The van der Waals surface area contributed by atoms with Gasteiger partial charge in [-0.2, -0.15) is 13.2 Å². The summed E-state index contributed by atoms with van der Waals surface area (Å²) in [6.07, 6.45) is -1.43. The fraction of sp³-hybridized carbons (Fsp3) is 0.833. The lowest BCUT2D eigenvalue weighted by molar-refractivity contribution is -0.143. The molecule has 0 aliphatic carbocycles. The molecule has 1 amide bonds. The highest BCUT2D eigenvalue weighted by atomic mass is 19.4. The molecule has 1 atom stereocenters. The topological polar surface area (TPSA) is 89.9 Å². The first kappa shape index (κ1) is 16.7. The van der Waals surface area contributed by atoms with Gasteiger partial charge in [-0.1, -0.05) is 0 Å². The molecule has 0 saturated carbocycles. The third-order valence-corrected chi connectivity index (χ3v) is 3.73. The maximum Gasteiger partial charge on any atom is 0.408 e. The third kappa shape index (κ3) is 5.24. The first-order valence-corrected chi connectivity index (χ1v) is 7.16. The number of halogens is 3. The number of nitrogens with zero attached hydrogens (tertiary/aromatic N) is 5. The van der Waals surface area contributed by atoms with Crippen molar-refractivity contribution in [3.63, 3.8) is 0 Å². The van der Waals surface area contributed by atoms with Crippen LogP contribution in [-0.4, -0.2) is 50.3 Å². The molecule has 1 aliphatic rings. The molecule has 22 heavy (non-hydrogen) atoms. The Balaban J connectivity index is 1.91. The molecule has 0 spiro atoms. The van der Waals surface area contributed by atoms with Crippen molar-refractivity contribution in [3.05, 3.63) is 5.82 Å². The number of rotatable bonds is 5. The van der Waals surface area contributed by atoms with Gasteiger partial charge in [-0.3, -0.25) is 9.69 Å². The molecule has 2 N–H and O–H groups in total. The fourth-order valence-corrected chi connectivity index (χ4v) is 2.70. The monoisotopic (exact) mass is 320 g/mol. The van der Waals surface area contributed by atoms with Crippen LogP contribution in [-0.2, 0) is 17.9 Å². The van der Waals surface area contributed by atoms with Gasteiger partial charge in [0.2, 0.25) is 5.91 Å². The number of tetrazole rings is 1. The number of carbonyl (C=O) groups is 1. The van der Waals surface area contributed by atoms with Crippen LogP contribution >= 0.6 is 0 Å². The van der Waals surface area contributed by atoms with Gasteiger partial charge in [-0.25, -0.2) is 4.68 Å². The number of hydrogen-bond donors (Lipinski definition) is 1. The molecule has 10 heteroatoms. The molecule has 0 unspecified atom stereocenters. The molecule has 0 radical (unpaired) electrons. The minimum absolute atomic E-state index is 0.200. The van der Waals surface area contributed by atoms with Gasteiger partial charge >= 0.3 is 6.18 Å². The van der Waals surface area contributed by atoms with Crippen LogP contribution in [0.25, 0.3) is 0 Å². The van der Waals surface area contributed by atoms with Crippen molar-refractivity contribution >= 4 is 5.91 Å². The maximum atomic E-state index is 12.4. The molecule has 1 aliphatic heterocycles. The number of aromatic nitrogens is 4. The largest absolute Gasteiger partial charge is 0.408 e. The molecular formula is C12H19F3N6O. The zero-order valence-electron chi connectivity index (χ0n) is 12.1. The molecule has 7 nitrogen and oxygen atoms in total. The summed E-state index contributed by atoms with van der Waals surface area (Å²) >= 11 is 0. The maximum absolute atomic E-state index is 12.4. The summed E-state index contributed by atoms with van der Waals surface area (Å²) in [5.74, 6) is 0.131. The number of likely N-dealkylation sites (tertiary alicyclic amines) is 1. The summed E-state index contributed by atoms with van der Waals surface area (Å²) in [4.78, 5) is 13.0. The lowest BCUT2D eigenvalue weighted by Gasteiger charge is -2.19. The second kappa shape index (κ2) is 7.03. The van der Waals surface area contributed by atoms with E-state index in [4.69, 9.17) is 5.73 Å². The second-order valence-electron chi connectivity index (χ2n) is 5.61. The summed E-state index contributed by atoms with van der Waals surface area (Å²) in [6.45, 7) is 0.519. The highest BCUT2D eigenvalue weighted by molar-refractivity contribution is 5.73. The van der Waals surface area contributed by atoms with E-state index in [2.05, 4.69) is 15.5 Å². The van der Waals surface area contributed by atoms with Crippen LogP contribution in [0.3, 0.4) is 0 Å². The summed E-state index contributed by atoms with van der Waals surface area (Å²) in [5.41, 5.74) is 5.21. The Kier molecular flexibility index (Phi) is 5.33. The molecule has 2 rings (SSSR count). The van der Waals surface area contributed by atoms with E-state index in [9.17, 15) is 18.0 Å². The van der Waals surface area contributed by atoms with E-state index in [1.807, 2.05) is 4.90 Å². The Morgan fingerprint density at radius 3 is 2.77 bits per heavy atom. The average molecular weight is 320 g/mol. The number of alkyl halides is 3. The van der Waals surface area contributed by atoms with Gasteiger partial charge in [0.1, 0.15) is 6.54 Å².